The van der Waals surface area contributed by atoms with Crippen molar-refractivity contribution < 1.29 is 32.6 Å². The second-order valence-electron chi connectivity index (χ2n) is 7.95. The van der Waals surface area contributed by atoms with Crippen LogP contribution in [0.1, 0.15) is 32.1 Å². The summed E-state index contributed by atoms with van der Waals surface area (Å²) in [7, 11) is 0. The standard InChI is InChI=1S/C21H27F3N2O4/c22-21(23,24)20(29)9-12-25(13-10-20)19(28)16-5-4-11-26(15-16)18(27)8-14-30-17-6-2-1-3-7-17/h1-3,6-7,16,29H,4-5,8-15H2. The van der Waals surface area contributed by atoms with E-state index in [0.29, 0.717) is 25.1 Å². The van der Waals surface area contributed by atoms with Crippen molar-refractivity contribution in [3.63, 3.8) is 0 Å². The van der Waals surface area contributed by atoms with Gasteiger partial charge in [-0.25, -0.2) is 0 Å². The molecule has 0 aliphatic carbocycles. The van der Waals surface area contributed by atoms with Crippen LogP contribution in [0.25, 0.3) is 0 Å². The Hall–Kier alpha value is -2.29. The number of ether oxygens (including phenoxy) is 1. The first-order chi connectivity index (χ1) is 14.2. The zero-order valence-electron chi connectivity index (χ0n) is 16.7. The molecule has 2 heterocycles. The number of likely N-dealkylation sites (tertiary alicyclic amines) is 2. The Morgan fingerprint density at radius 1 is 1.10 bits per heavy atom. The van der Waals surface area contributed by atoms with Gasteiger partial charge in [-0.3, -0.25) is 9.59 Å². The minimum Gasteiger partial charge on any atom is -0.493 e. The number of piperidine rings is 2. The molecular formula is C21H27F3N2O4. The molecule has 1 unspecified atom stereocenters. The number of rotatable bonds is 5. The minimum atomic E-state index is -4.70. The Morgan fingerprint density at radius 2 is 1.77 bits per heavy atom. The van der Waals surface area contributed by atoms with Crippen molar-refractivity contribution in [1.82, 2.24) is 9.80 Å². The second kappa shape index (κ2) is 9.24. The van der Waals surface area contributed by atoms with Gasteiger partial charge in [0, 0.05) is 39.0 Å². The predicted molar refractivity (Wildman–Crippen MR) is 103 cm³/mol. The molecule has 1 aromatic carbocycles. The average molecular weight is 428 g/mol. The maximum Gasteiger partial charge on any atom is 0.417 e. The molecule has 2 fully saturated rings. The number of hydrogen-bond acceptors (Lipinski definition) is 4. The van der Waals surface area contributed by atoms with Crippen LogP contribution in [0, 0.1) is 5.92 Å². The van der Waals surface area contributed by atoms with E-state index in [1.807, 2.05) is 18.2 Å². The van der Waals surface area contributed by atoms with E-state index in [9.17, 15) is 27.9 Å². The molecule has 9 heteroatoms. The molecule has 30 heavy (non-hydrogen) atoms. The summed E-state index contributed by atoms with van der Waals surface area (Å²) in [5.41, 5.74) is -2.73. The fourth-order valence-corrected chi connectivity index (χ4v) is 3.97. The Balaban J connectivity index is 1.47. The van der Waals surface area contributed by atoms with Crippen LogP contribution in [0.4, 0.5) is 13.2 Å². The third-order valence-corrected chi connectivity index (χ3v) is 5.88. The number of amides is 2. The molecule has 6 nitrogen and oxygen atoms in total. The van der Waals surface area contributed by atoms with Crippen molar-refractivity contribution in [3.8, 4) is 5.75 Å². The predicted octanol–water partition coefficient (Wildman–Crippen LogP) is 2.61. The first kappa shape index (κ1) is 22.4. The number of aliphatic hydroxyl groups is 1. The fourth-order valence-electron chi connectivity index (χ4n) is 3.97. The quantitative estimate of drug-likeness (QED) is 0.783. The molecule has 1 aromatic rings. The highest BCUT2D eigenvalue weighted by molar-refractivity contribution is 5.81. The first-order valence-electron chi connectivity index (χ1n) is 10.2. The molecule has 2 saturated heterocycles. The maximum absolute atomic E-state index is 13.0. The molecule has 0 spiro atoms. The summed E-state index contributed by atoms with van der Waals surface area (Å²) in [6.07, 6.45) is -4.27. The van der Waals surface area contributed by atoms with Gasteiger partial charge in [0.15, 0.2) is 5.60 Å². The van der Waals surface area contributed by atoms with Crippen LogP contribution in [0.2, 0.25) is 0 Å². The first-order valence-corrected chi connectivity index (χ1v) is 10.2. The van der Waals surface area contributed by atoms with Crippen LogP contribution in [0.3, 0.4) is 0 Å². The van der Waals surface area contributed by atoms with Crippen molar-refractivity contribution in [1.29, 1.82) is 0 Å². The molecule has 2 aliphatic rings. The van der Waals surface area contributed by atoms with E-state index in [2.05, 4.69) is 0 Å². The lowest BCUT2D eigenvalue weighted by Gasteiger charge is -2.41. The lowest BCUT2D eigenvalue weighted by Crippen LogP contribution is -2.56. The molecule has 1 N–H and O–H groups in total. The van der Waals surface area contributed by atoms with Gasteiger partial charge in [-0.05, 0) is 25.0 Å². The summed E-state index contributed by atoms with van der Waals surface area (Å²) in [5.74, 6) is -0.0819. The molecule has 0 radical (unpaired) electrons. The molecule has 0 bridgehead atoms. The summed E-state index contributed by atoms with van der Waals surface area (Å²) < 4.78 is 44.4. The van der Waals surface area contributed by atoms with E-state index in [0.717, 1.165) is 0 Å². The number of para-hydroxylation sites is 1. The Labute approximate surface area is 173 Å². The normalized spacial score (nSPS) is 21.9. The van der Waals surface area contributed by atoms with Crippen molar-refractivity contribution in [2.75, 3.05) is 32.8 Å². The van der Waals surface area contributed by atoms with Crippen molar-refractivity contribution >= 4 is 11.8 Å². The molecule has 3 rings (SSSR count). The van der Waals surface area contributed by atoms with E-state index in [1.54, 1.807) is 17.0 Å². The van der Waals surface area contributed by atoms with E-state index >= 15 is 0 Å². The zero-order chi connectivity index (χ0) is 21.8. The minimum absolute atomic E-state index is 0.103. The van der Waals surface area contributed by atoms with Crippen LogP contribution in [-0.2, 0) is 9.59 Å². The summed E-state index contributed by atoms with van der Waals surface area (Å²) in [6, 6.07) is 9.16. The highest BCUT2D eigenvalue weighted by Crippen LogP contribution is 2.38. The van der Waals surface area contributed by atoms with Crippen LogP contribution in [0.15, 0.2) is 30.3 Å². The smallest absolute Gasteiger partial charge is 0.417 e. The average Bonchev–Trinajstić information content (AvgIpc) is 2.74. The third kappa shape index (κ3) is 5.24. The van der Waals surface area contributed by atoms with E-state index < -0.39 is 30.5 Å². The number of carbonyl (C=O) groups is 2. The summed E-state index contributed by atoms with van der Waals surface area (Å²) in [4.78, 5) is 28.3. The van der Waals surface area contributed by atoms with Crippen LogP contribution >= 0.6 is 0 Å². The second-order valence-corrected chi connectivity index (χ2v) is 7.95. The van der Waals surface area contributed by atoms with E-state index in [1.165, 1.54) is 4.90 Å². The number of alkyl halides is 3. The number of nitrogens with zero attached hydrogens (tertiary/aromatic N) is 2. The number of carbonyl (C=O) groups excluding carboxylic acids is 2. The zero-order valence-corrected chi connectivity index (χ0v) is 16.7. The SMILES string of the molecule is O=C(CCOc1ccccc1)N1CCCC(C(=O)N2CCC(O)(C(F)(F)F)CC2)C1. The molecule has 1 atom stereocenters. The summed E-state index contributed by atoms with van der Waals surface area (Å²) in [6.45, 7) is 0.791. The van der Waals surface area contributed by atoms with Gasteiger partial charge in [0.1, 0.15) is 5.75 Å². The molecule has 166 valence electrons. The Morgan fingerprint density at radius 3 is 2.40 bits per heavy atom. The lowest BCUT2D eigenvalue weighted by atomic mass is 9.89. The number of hydrogen-bond donors (Lipinski definition) is 1. The van der Waals surface area contributed by atoms with E-state index in [4.69, 9.17) is 4.74 Å². The molecule has 0 aromatic heterocycles. The Bertz CT molecular complexity index is 734. The van der Waals surface area contributed by atoms with Gasteiger partial charge >= 0.3 is 6.18 Å². The molecule has 2 amide bonds. The highest BCUT2D eigenvalue weighted by Gasteiger charge is 2.55. The van der Waals surface area contributed by atoms with Gasteiger partial charge in [-0.1, -0.05) is 18.2 Å². The number of halogens is 3. The van der Waals surface area contributed by atoms with Crippen LogP contribution in [-0.4, -0.2) is 71.3 Å². The van der Waals surface area contributed by atoms with Gasteiger partial charge in [0.2, 0.25) is 11.8 Å². The third-order valence-electron chi connectivity index (χ3n) is 5.88. The fraction of sp³-hybridized carbons (Fsp3) is 0.619. The van der Waals surface area contributed by atoms with Crippen molar-refractivity contribution in [2.45, 2.75) is 43.9 Å². The monoisotopic (exact) mass is 428 g/mol. The van der Waals surface area contributed by atoms with Crippen LogP contribution in [0.5, 0.6) is 5.75 Å². The van der Waals surface area contributed by atoms with Gasteiger partial charge < -0.3 is 19.6 Å². The summed E-state index contributed by atoms with van der Waals surface area (Å²) in [5, 5.41) is 9.77. The molecule has 2 aliphatic heterocycles. The van der Waals surface area contributed by atoms with Crippen molar-refractivity contribution in [2.24, 2.45) is 5.92 Å². The molecular weight excluding hydrogens is 401 g/mol. The Kier molecular flexibility index (Phi) is 6.90. The van der Waals surface area contributed by atoms with Gasteiger partial charge in [-0.2, -0.15) is 13.2 Å². The van der Waals surface area contributed by atoms with Crippen LogP contribution < -0.4 is 4.74 Å². The maximum atomic E-state index is 13.0. The molecule has 0 saturated carbocycles. The highest BCUT2D eigenvalue weighted by atomic mass is 19.4. The van der Waals surface area contributed by atoms with Gasteiger partial charge in [-0.15, -0.1) is 0 Å². The number of benzene rings is 1. The topological polar surface area (TPSA) is 70.1 Å². The van der Waals surface area contributed by atoms with Crippen molar-refractivity contribution in [3.05, 3.63) is 30.3 Å². The van der Waals surface area contributed by atoms with Gasteiger partial charge in [0.25, 0.3) is 0 Å². The van der Waals surface area contributed by atoms with E-state index in [-0.39, 0.29) is 44.5 Å². The lowest BCUT2D eigenvalue weighted by molar-refractivity contribution is -0.272. The summed E-state index contributed by atoms with van der Waals surface area (Å²) >= 11 is 0. The largest absolute Gasteiger partial charge is 0.493 e. The van der Waals surface area contributed by atoms with Gasteiger partial charge in [0.05, 0.1) is 18.9 Å².